The number of hydrogen-bond donors (Lipinski definition) is 1. The fraction of sp³-hybridized carbons (Fsp3) is 0.619. The Bertz CT molecular complexity index is 738. The predicted octanol–water partition coefficient (Wildman–Crippen LogP) is 2.59. The number of likely N-dealkylation sites (tertiary alicyclic amines) is 1. The summed E-state index contributed by atoms with van der Waals surface area (Å²) >= 11 is 0. The minimum absolute atomic E-state index is 0.130. The van der Waals surface area contributed by atoms with E-state index in [1.807, 2.05) is 17.0 Å². The lowest BCUT2D eigenvalue weighted by Crippen LogP contribution is -2.46. The van der Waals surface area contributed by atoms with E-state index in [9.17, 15) is 9.59 Å². The van der Waals surface area contributed by atoms with Crippen LogP contribution in [-0.4, -0.2) is 55.7 Å². The van der Waals surface area contributed by atoms with Crippen molar-refractivity contribution in [2.45, 2.75) is 50.6 Å². The maximum Gasteiger partial charge on any atom is 0.323 e. The summed E-state index contributed by atoms with van der Waals surface area (Å²) in [5, 5.41) is 2.94. The van der Waals surface area contributed by atoms with Gasteiger partial charge in [-0.15, -0.1) is 0 Å². The number of esters is 1. The molecular weight excluding hydrogens is 360 g/mol. The molecule has 7 heteroatoms. The molecular formula is C21H28N2O5. The molecule has 3 atom stereocenters. The van der Waals surface area contributed by atoms with Crippen LogP contribution in [0.5, 0.6) is 11.5 Å². The summed E-state index contributed by atoms with van der Waals surface area (Å²) < 4.78 is 16.3. The highest BCUT2D eigenvalue weighted by Crippen LogP contribution is 2.40. The summed E-state index contributed by atoms with van der Waals surface area (Å²) in [6.45, 7) is 1.42. The molecule has 1 aromatic carbocycles. The Labute approximate surface area is 165 Å². The molecule has 1 aliphatic carbocycles. The van der Waals surface area contributed by atoms with E-state index in [0.29, 0.717) is 36.3 Å². The van der Waals surface area contributed by atoms with E-state index < -0.39 is 0 Å². The van der Waals surface area contributed by atoms with Crippen molar-refractivity contribution in [1.29, 1.82) is 0 Å². The van der Waals surface area contributed by atoms with E-state index in [0.717, 1.165) is 32.1 Å². The van der Waals surface area contributed by atoms with Gasteiger partial charge in [0, 0.05) is 24.2 Å². The van der Waals surface area contributed by atoms with Crippen LogP contribution in [0, 0.1) is 5.92 Å². The van der Waals surface area contributed by atoms with Gasteiger partial charge < -0.3 is 19.5 Å². The van der Waals surface area contributed by atoms with Crippen molar-refractivity contribution >= 4 is 17.6 Å². The number of nitrogens with zero attached hydrogens (tertiary/aromatic N) is 1. The number of anilines is 1. The topological polar surface area (TPSA) is 77.1 Å². The molecule has 2 heterocycles. The van der Waals surface area contributed by atoms with Crippen molar-refractivity contribution in [3.8, 4) is 11.5 Å². The molecule has 0 unspecified atom stereocenters. The summed E-state index contributed by atoms with van der Waals surface area (Å²) in [5.41, 5.74) is 0.670. The Balaban J connectivity index is 1.44. The molecule has 2 fully saturated rings. The van der Waals surface area contributed by atoms with E-state index in [2.05, 4.69) is 5.32 Å². The lowest BCUT2D eigenvalue weighted by atomic mass is 9.85. The molecule has 1 aromatic rings. The van der Waals surface area contributed by atoms with Gasteiger partial charge in [0.25, 0.3) is 0 Å². The molecule has 28 heavy (non-hydrogen) atoms. The van der Waals surface area contributed by atoms with Crippen molar-refractivity contribution < 1.29 is 23.8 Å². The largest absolute Gasteiger partial charge is 0.490 e. The maximum atomic E-state index is 12.8. The first-order valence-electron chi connectivity index (χ1n) is 10.2. The number of ether oxygens (including phenoxy) is 3. The average molecular weight is 388 g/mol. The van der Waals surface area contributed by atoms with Gasteiger partial charge in [-0.05, 0) is 37.3 Å². The first-order valence-corrected chi connectivity index (χ1v) is 10.2. The summed E-state index contributed by atoms with van der Waals surface area (Å²) in [5.74, 6) is 1.46. The Morgan fingerprint density at radius 2 is 1.93 bits per heavy atom. The lowest BCUT2D eigenvalue weighted by Gasteiger charge is -2.32. The van der Waals surface area contributed by atoms with Gasteiger partial charge in [-0.1, -0.05) is 12.8 Å². The number of hydrogen-bond acceptors (Lipinski definition) is 6. The Hall–Kier alpha value is -2.28. The number of fused-ring (bicyclic) bond motifs is 2. The highest BCUT2D eigenvalue weighted by molar-refractivity contribution is 5.93. The number of rotatable bonds is 4. The molecule has 0 spiro atoms. The molecule has 4 rings (SSSR count). The molecule has 1 amide bonds. The van der Waals surface area contributed by atoms with Crippen LogP contribution < -0.4 is 14.8 Å². The molecule has 1 N–H and O–H groups in total. The zero-order chi connectivity index (χ0) is 19.5. The summed E-state index contributed by atoms with van der Waals surface area (Å²) in [6.07, 6.45) is 6.13. The van der Waals surface area contributed by atoms with Crippen molar-refractivity contribution in [2.24, 2.45) is 5.92 Å². The van der Waals surface area contributed by atoms with E-state index in [1.54, 1.807) is 6.07 Å². The van der Waals surface area contributed by atoms with Crippen molar-refractivity contribution in [1.82, 2.24) is 4.90 Å². The van der Waals surface area contributed by atoms with E-state index in [1.165, 1.54) is 13.5 Å². The molecule has 0 bridgehead atoms. The molecule has 2 aliphatic heterocycles. The third kappa shape index (κ3) is 3.94. The SMILES string of the molecule is COC(=O)[C@@H]1C[C@H]2CCCC[C@H]2N1CC(=O)Nc1ccc2c(c1)OCCCO2. The Morgan fingerprint density at radius 3 is 2.75 bits per heavy atom. The van der Waals surface area contributed by atoms with Crippen LogP contribution >= 0.6 is 0 Å². The fourth-order valence-corrected chi connectivity index (χ4v) is 4.76. The zero-order valence-corrected chi connectivity index (χ0v) is 16.3. The van der Waals surface area contributed by atoms with Crippen LogP contribution in [0.25, 0.3) is 0 Å². The monoisotopic (exact) mass is 388 g/mol. The van der Waals surface area contributed by atoms with Crippen molar-refractivity contribution in [3.63, 3.8) is 0 Å². The summed E-state index contributed by atoms with van der Waals surface area (Å²) in [7, 11) is 1.42. The minimum atomic E-state index is -0.326. The third-order valence-corrected chi connectivity index (χ3v) is 6.05. The quantitative estimate of drug-likeness (QED) is 0.799. The second kappa shape index (κ2) is 8.39. The molecule has 1 saturated carbocycles. The second-order valence-electron chi connectivity index (χ2n) is 7.82. The van der Waals surface area contributed by atoms with Crippen molar-refractivity contribution in [3.05, 3.63) is 18.2 Å². The smallest absolute Gasteiger partial charge is 0.323 e. The standard InChI is InChI=1S/C21H28N2O5/c1-26-21(25)17-11-14-5-2-3-6-16(14)23(17)13-20(24)22-15-7-8-18-19(12-15)28-10-4-9-27-18/h7-8,12,14,16-17H,2-6,9-11,13H2,1H3,(H,22,24)/t14-,16-,17+/m1/s1. The normalized spacial score (nSPS) is 26.8. The first-order chi connectivity index (χ1) is 13.7. The zero-order valence-electron chi connectivity index (χ0n) is 16.3. The molecule has 152 valence electrons. The molecule has 0 aromatic heterocycles. The minimum Gasteiger partial charge on any atom is -0.490 e. The Morgan fingerprint density at radius 1 is 1.14 bits per heavy atom. The van der Waals surface area contributed by atoms with Gasteiger partial charge in [0.1, 0.15) is 6.04 Å². The van der Waals surface area contributed by atoms with Gasteiger partial charge in [-0.25, -0.2) is 0 Å². The molecule has 3 aliphatic rings. The maximum absolute atomic E-state index is 12.8. The van der Waals surface area contributed by atoms with Crippen LogP contribution in [0.15, 0.2) is 18.2 Å². The van der Waals surface area contributed by atoms with Crippen LogP contribution in [0.2, 0.25) is 0 Å². The van der Waals surface area contributed by atoms with E-state index >= 15 is 0 Å². The highest BCUT2D eigenvalue weighted by Gasteiger charge is 2.46. The lowest BCUT2D eigenvalue weighted by molar-refractivity contribution is -0.146. The van der Waals surface area contributed by atoms with Crippen LogP contribution in [0.1, 0.15) is 38.5 Å². The number of benzene rings is 1. The number of nitrogens with one attached hydrogen (secondary N) is 1. The Kier molecular flexibility index (Phi) is 5.71. The highest BCUT2D eigenvalue weighted by atomic mass is 16.5. The number of amides is 1. The van der Waals surface area contributed by atoms with Gasteiger partial charge in [0.15, 0.2) is 11.5 Å². The van der Waals surface area contributed by atoms with Crippen LogP contribution in [0.3, 0.4) is 0 Å². The van der Waals surface area contributed by atoms with Crippen molar-refractivity contribution in [2.75, 3.05) is 32.2 Å². The predicted molar refractivity (Wildman–Crippen MR) is 104 cm³/mol. The second-order valence-corrected chi connectivity index (χ2v) is 7.82. The number of carbonyl (C=O) groups excluding carboxylic acids is 2. The molecule has 0 radical (unpaired) electrons. The summed E-state index contributed by atoms with van der Waals surface area (Å²) in [4.78, 5) is 27.1. The fourth-order valence-electron chi connectivity index (χ4n) is 4.76. The molecule has 1 saturated heterocycles. The molecule has 7 nitrogen and oxygen atoms in total. The van der Waals surface area contributed by atoms with Gasteiger partial charge in [-0.2, -0.15) is 0 Å². The van der Waals surface area contributed by atoms with E-state index in [4.69, 9.17) is 14.2 Å². The van der Waals surface area contributed by atoms with Crippen LogP contribution in [-0.2, 0) is 14.3 Å². The van der Waals surface area contributed by atoms with Gasteiger partial charge >= 0.3 is 5.97 Å². The first kappa shape index (κ1) is 19.1. The van der Waals surface area contributed by atoms with Gasteiger partial charge in [0.2, 0.25) is 5.91 Å². The van der Waals surface area contributed by atoms with Gasteiger partial charge in [-0.3, -0.25) is 14.5 Å². The number of methoxy groups -OCH3 is 1. The summed E-state index contributed by atoms with van der Waals surface area (Å²) in [6, 6.07) is 5.39. The third-order valence-electron chi connectivity index (χ3n) is 6.05. The van der Waals surface area contributed by atoms with E-state index in [-0.39, 0.29) is 30.5 Å². The van der Waals surface area contributed by atoms with Gasteiger partial charge in [0.05, 0.1) is 26.9 Å². The average Bonchev–Trinajstić information content (AvgIpc) is 2.90. The number of carbonyl (C=O) groups is 2. The van der Waals surface area contributed by atoms with Crippen LogP contribution in [0.4, 0.5) is 5.69 Å².